The van der Waals surface area contributed by atoms with E-state index in [4.69, 9.17) is 14.5 Å². The SMILES string of the molecule is CC1(C)Oc2c3c(nc4ccccc24)O[C@H]2[C@@H]3[C@@H]1CC[C@]2(C)O. The summed E-state index contributed by atoms with van der Waals surface area (Å²) in [5, 5.41) is 11.9. The average molecular weight is 311 g/mol. The fourth-order valence-corrected chi connectivity index (χ4v) is 4.83. The molecule has 0 radical (unpaired) electrons. The largest absolute Gasteiger partial charge is 0.486 e. The monoisotopic (exact) mass is 311 g/mol. The summed E-state index contributed by atoms with van der Waals surface area (Å²) in [7, 11) is 0. The van der Waals surface area contributed by atoms with E-state index in [1.54, 1.807) is 0 Å². The molecule has 0 unspecified atom stereocenters. The number of pyridine rings is 1. The van der Waals surface area contributed by atoms with Crippen LogP contribution >= 0.6 is 0 Å². The summed E-state index contributed by atoms with van der Waals surface area (Å²) in [5.41, 5.74) is 0.854. The van der Waals surface area contributed by atoms with Gasteiger partial charge in [0.2, 0.25) is 5.88 Å². The lowest BCUT2D eigenvalue weighted by Crippen LogP contribution is -2.56. The minimum Gasteiger partial charge on any atom is -0.486 e. The van der Waals surface area contributed by atoms with Crippen LogP contribution in [0.3, 0.4) is 0 Å². The van der Waals surface area contributed by atoms with Gasteiger partial charge in [-0.1, -0.05) is 12.1 Å². The van der Waals surface area contributed by atoms with Gasteiger partial charge in [-0.25, -0.2) is 4.98 Å². The van der Waals surface area contributed by atoms with Crippen molar-refractivity contribution in [3.63, 3.8) is 0 Å². The van der Waals surface area contributed by atoms with E-state index in [1.165, 1.54) is 0 Å². The molecule has 2 aromatic rings. The van der Waals surface area contributed by atoms with Gasteiger partial charge >= 0.3 is 0 Å². The van der Waals surface area contributed by atoms with Crippen molar-refractivity contribution in [1.82, 2.24) is 4.98 Å². The van der Waals surface area contributed by atoms with Crippen LogP contribution in [0.4, 0.5) is 0 Å². The summed E-state index contributed by atoms with van der Waals surface area (Å²) >= 11 is 0. The van der Waals surface area contributed by atoms with Crippen molar-refractivity contribution < 1.29 is 14.6 Å². The highest BCUT2D eigenvalue weighted by atomic mass is 16.5. The van der Waals surface area contributed by atoms with E-state index < -0.39 is 5.60 Å². The Hall–Kier alpha value is -1.81. The molecule has 4 heteroatoms. The van der Waals surface area contributed by atoms with Crippen LogP contribution in [0, 0.1) is 5.92 Å². The average Bonchev–Trinajstić information content (AvgIpc) is 2.87. The van der Waals surface area contributed by atoms with Gasteiger partial charge in [-0.15, -0.1) is 0 Å². The summed E-state index contributed by atoms with van der Waals surface area (Å²) in [6.07, 6.45) is 1.44. The molecule has 3 aliphatic rings. The Balaban J connectivity index is 1.83. The number of hydrogen-bond donors (Lipinski definition) is 1. The first-order chi connectivity index (χ1) is 10.9. The van der Waals surface area contributed by atoms with Crippen molar-refractivity contribution in [3.8, 4) is 11.6 Å². The van der Waals surface area contributed by atoms with Crippen molar-refractivity contribution >= 4 is 10.9 Å². The number of rotatable bonds is 0. The van der Waals surface area contributed by atoms with Gasteiger partial charge in [0, 0.05) is 17.2 Å². The predicted molar refractivity (Wildman–Crippen MR) is 87.0 cm³/mol. The molecule has 5 rings (SSSR count). The Morgan fingerprint density at radius 2 is 2.00 bits per heavy atom. The zero-order valence-corrected chi connectivity index (χ0v) is 13.7. The number of ether oxygens (including phenoxy) is 2. The van der Waals surface area contributed by atoms with E-state index in [0.29, 0.717) is 11.8 Å². The second-order valence-corrected chi connectivity index (χ2v) is 7.95. The number of benzene rings is 1. The lowest BCUT2D eigenvalue weighted by molar-refractivity contribution is -0.119. The fourth-order valence-electron chi connectivity index (χ4n) is 4.83. The molecule has 0 bridgehead atoms. The zero-order valence-electron chi connectivity index (χ0n) is 13.7. The molecule has 3 heterocycles. The number of nitrogens with zero attached hydrogens (tertiary/aromatic N) is 1. The second kappa shape index (κ2) is 3.99. The molecule has 4 atom stereocenters. The Bertz CT molecular complexity index is 827. The minimum atomic E-state index is -0.821. The van der Waals surface area contributed by atoms with Crippen LogP contribution in [0.2, 0.25) is 0 Å². The third kappa shape index (κ3) is 1.62. The van der Waals surface area contributed by atoms with Crippen LogP contribution in [0.25, 0.3) is 10.9 Å². The highest BCUT2D eigenvalue weighted by Crippen LogP contribution is 2.61. The Morgan fingerprint density at radius 3 is 2.83 bits per heavy atom. The van der Waals surface area contributed by atoms with Gasteiger partial charge in [0.15, 0.2) is 0 Å². The third-order valence-electron chi connectivity index (χ3n) is 6.01. The molecule has 1 aromatic heterocycles. The van der Waals surface area contributed by atoms with Crippen LogP contribution in [0.1, 0.15) is 45.1 Å². The highest BCUT2D eigenvalue weighted by molar-refractivity contribution is 5.88. The molecule has 1 aromatic carbocycles. The molecule has 23 heavy (non-hydrogen) atoms. The molecule has 4 nitrogen and oxygen atoms in total. The fraction of sp³-hybridized carbons (Fsp3) is 0.526. The Morgan fingerprint density at radius 1 is 1.22 bits per heavy atom. The Labute approximate surface area is 135 Å². The minimum absolute atomic E-state index is 0.157. The third-order valence-corrected chi connectivity index (χ3v) is 6.01. The molecule has 1 saturated carbocycles. The molecule has 1 aliphatic carbocycles. The summed E-state index contributed by atoms with van der Waals surface area (Å²) in [4.78, 5) is 4.71. The van der Waals surface area contributed by atoms with Crippen molar-refractivity contribution in [1.29, 1.82) is 0 Å². The smallest absolute Gasteiger partial charge is 0.221 e. The van der Waals surface area contributed by atoms with E-state index in [0.717, 1.165) is 35.1 Å². The second-order valence-electron chi connectivity index (χ2n) is 7.95. The van der Waals surface area contributed by atoms with Crippen LogP contribution in [-0.4, -0.2) is 27.4 Å². The van der Waals surface area contributed by atoms with Gasteiger partial charge in [0.25, 0.3) is 0 Å². The summed E-state index contributed by atoms with van der Waals surface area (Å²) in [6.45, 7) is 6.21. The van der Waals surface area contributed by atoms with Crippen LogP contribution in [0.15, 0.2) is 24.3 Å². The number of aliphatic hydroxyl groups is 1. The van der Waals surface area contributed by atoms with E-state index >= 15 is 0 Å². The molecule has 0 amide bonds. The summed E-state index contributed by atoms with van der Waals surface area (Å²) < 4.78 is 12.7. The molecular weight excluding hydrogens is 290 g/mol. The highest BCUT2D eigenvalue weighted by Gasteiger charge is 2.60. The van der Waals surface area contributed by atoms with Crippen molar-refractivity contribution in [2.45, 2.75) is 56.8 Å². The zero-order chi connectivity index (χ0) is 16.0. The molecular formula is C19H21NO3. The first-order valence-corrected chi connectivity index (χ1v) is 8.39. The van der Waals surface area contributed by atoms with Crippen LogP contribution in [0.5, 0.6) is 11.6 Å². The van der Waals surface area contributed by atoms with Gasteiger partial charge in [-0.05, 0) is 45.7 Å². The maximum absolute atomic E-state index is 10.9. The molecule has 0 saturated heterocycles. The molecule has 0 spiro atoms. The van der Waals surface area contributed by atoms with Gasteiger partial charge in [0.1, 0.15) is 17.5 Å². The standard InChI is InChI=1S/C19H21NO3/c1-18(2)11-8-9-19(3,21)16-13(11)14-15(23-18)10-6-4-5-7-12(10)20-17(14)22-16/h4-7,11,13,16,21H,8-9H2,1-3H3/t11-,13+,16-,19-/m0/s1. The van der Waals surface area contributed by atoms with Gasteiger partial charge in [-0.3, -0.25) is 0 Å². The van der Waals surface area contributed by atoms with Crippen LogP contribution in [-0.2, 0) is 0 Å². The molecule has 120 valence electrons. The van der Waals surface area contributed by atoms with Gasteiger partial charge in [0.05, 0.1) is 16.7 Å². The maximum Gasteiger partial charge on any atom is 0.221 e. The van der Waals surface area contributed by atoms with E-state index in [2.05, 4.69) is 19.9 Å². The van der Waals surface area contributed by atoms with Crippen molar-refractivity contribution in [3.05, 3.63) is 29.8 Å². The lowest BCUT2D eigenvalue weighted by atomic mass is 9.62. The predicted octanol–water partition coefficient (Wildman–Crippen LogP) is 3.41. The van der Waals surface area contributed by atoms with E-state index in [1.807, 2.05) is 25.1 Å². The summed E-state index contributed by atoms with van der Waals surface area (Å²) in [5.74, 6) is 2.04. The summed E-state index contributed by atoms with van der Waals surface area (Å²) in [6, 6.07) is 8.03. The lowest BCUT2D eigenvalue weighted by Gasteiger charge is -2.50. The van der Waals surface area contributed by atoms with Gasteiger partial charge in [-0.2, -0.15) is 0 Å². The number of para-hydroxylation sites is 1. The van der Waals surface area contributed by atoms with Crippen molar-refractivity contribution in [2.75, 3.05) is 0 Å². The Kier molecular flexibility index (Phi) is 2.36. The van der Waals surface area contributed by atoms with Crippen molar-refractivity contribution in [2.24, 2.45) is 5.92 Å². The first-order valence-electron chi connectivity index (χ1n) is 8.39. The molecule has 1 fully saturated rings. The first kappa shape index (κ1) is 13.6. The maximum atomic E-state index is 10.9. The number of hydrogen-bond acceptors (Lipinski definition) is 4. The topological polar surface area (TPSA) is 51.6 Å². The van der Waals surface area contributed by atoms with Crippen LogP contribution < -0.4 is 9.47 Å². The van der Waals surface area contributed by atoms with E-state index in [-0.39, 0.29) is 17.6 Å². The molecule has 1 N–H and O–H groups in total. The normalized spacial score (nSPS) is 36.3. The van der Waals surface area contributed by atoms with Gasteiger partial charge < -0.3 is 14.6 Å². The van der Waals surface area contributed by atoms with E-state index in [9.17, 15) is 5.11 Å². The number of aromatic nitrogens is 1. The quantitative estimate of drug-likeness (QED) is 0.810. The molecule has 2 aliphatic heterocycles. The number of fused-ring (bicyclic) bond motifs is 2.